The Bertz CT molecular complexity index is 5020. The zero-order chi connectivity index (χ0) is 54.9. The van der Waals surface area contributed by atoms with Crippen molar-refractivity contribution in [3.8, 4) is 23.0 Å². The average molecular weight is 1090 g/mol. The molecule has 0 radical (unpaired) electrons. The van der Waals surface area contributed by atoms with Crippen LogP contribution in [0.5, 0.6) is 23.0 Å². The van der Waals surface area contributed by atoms with Crippen LogP contribution >= 0.6 is 11.3 Å². The predicted molar refractivity (Wildman–Crippen MR) is 351 cm³/mol. The van der Waals surface area contributed by atoms with Gasteiger partial charge in [-0.15, -0.1) is 11.3 Å². The van der Waals surface area contributed by atoms with Crippen LogP contribution in [-0.4, -0.2) is 20.1 Å². The number of benzene rings is 12. The number of hydrogen-bond acceptors (Lipinski definition) is 8. The van der Waals surface area contributed by atoms with Gasteiger partial charge in [0.15, 0.2) is 5.43 Å². The van der Waals surface area contributed by atoms with E-state index >= 15 is 4.79 Å². The lowest BCUT2D eigenvalue weighted by atomic mass is 9.29. The average Bonchev–Trinajstić information content (AvgIpc) is 3.71. The van der Waals surface area contributed by atoms with E-state index in [1.165, 1.54) is 27.5 Å². The quantitative estimate of drug-likeness (QED) is 0.126. The zero-order valence-electron chi connectivity index (χ0n) is 45.0. The molecule has 0 amide bonds. The lowest BCUT2D eigenvalue weighted by Crippen LogP contribution is -2.67. The highest BCUT2D eigenvalue weighted by Gasteiger charge is 2.51. The fourth-order valence-electron chi connectivity index (χ4n) is 14.9. The molecular formula is C73H43B3N4O3S. The molecule has 0 unspecified atom stereocenters. The first kappa shape index (κ1) is 46.2. The van der Waals surface area contributed by atoms with E-state index in [1.54, 1.807) is 11.3 Å². The molecule has 0 aliphatic carbocycles. The lowest BCUT2D eigenvalue weighted by molar-refractivity contribution is 0.488. The van der Waals surface area contributed by atoms with Gasteiger partial charge in [-0.2, -0.15) is 0 Å². The van der Waals surface area contributed by atoms with Crippen LogP contribution in [0.3, 0.4) is 0 Å². The van der Waals surface area contributed by atoms with E-state index in [4.69, 9.17) is 9.47 Å². The minimum atomic E-state index is -0.230. The number of ether oxygens (including phenoxy) is 2. The molecule has 0 bridgehead atoms. The topological polar surface area (TPSA) is 48.5 Å². The fraction of sp³-hybridized carbons (Fsp3) is 0. The molecule has 0 fully saturated rings. The molecule has 0 saturated carbocycles. The summed E-state index contributed by atoms with van der Waals surface area (Å²) in [5.41, 5.74) is 23.2. The van der Waals surface area contributed by atoms with Crippen molar-refractivity contribution in [2.75, 3.05) is 19.6 Å². The maximum absolute atomic E-state index is 15.8. The lowest BCUT2D eigenvalue weighted by Gasteiger charge is -2.49. The Labute approximate surface area is 489 Å². The highest BCUT2D eigenvalue weighted by molar-refractivity contribution is 7.24. The van der Waals surface area contributed by atoms with Crippen LogP contribution in [0.2, 0.25) is 0 Å². The summed E-state index contributed by atoms with van der Waals surface area (Å²) < 4.78 is 16.4. The van der Waals surface area contributed by atoms with Gasteiger partial charge in [0.2, 0.25) is 0 Å². The minimum Gasteiger partial charge on any atom is -0.458 e. The van der Waals surface area contributed by atoms with Crippen LogP contribution in [0.25, 0.3) is 20.2 Å². The first-order valence-electron chi connectivity index (χ1n) is 28.7. The van der Waals surface area contributed by atoms with Crippen molar-refractivity contribution in [3.05, 3.63) is 271 Å². The third-order valence-electron chi connectivity index (χ3n) is 18.3. The van der Waals surface area contributed by atoms with Gasteiger partial charge in [0, 0.05) is 94.9 Å². The van der Waals surface area contributed by atoms with Crippen molar-refractivity contribution in [1.29, 1.82) is 0 Å². The van der Waals surface area contributed by atoms with E-state index in [9.17, 15) is 0 Å². The summed E-state index contributed by atoms with van der Waals surface area (Å²) in [4.78, 5) is 25.4. The van der Waals surface area contributed by atoms with E-state index in [2.05, 4.69) is 280 Å². The maximum Gasteiger partial charge on any atom is 0.256 e. The smallest absolute Gasteiger partial charge is 0.256 e. The molecule has 0 atom stereocenters. The molecule has 7 nitrogen and oxygen atoms in total. The molecule has 13 aromatic rings. The molecule has 7 heterocycles. The Hall–Kier alpha value is -10.5. The molecular weight excluding hydrogens is 1050 g/mol. The summed E-state index contributed by atoms with van der Waals surface area (Å²) in [6, 6.07) is 93.1. The van der Waals surface area contributed by atoms with Gasteiger partial charge < -0.3 is 29.1 Å². The standard InChI is InChI=1S/C73H43B3N4O3S/c81-73-49-39-55-63(82-65-38-48(77(44-21-5-1-6-22-44)45-23-7-2-8-24-45)37-61-69(65)75(55)52-30-14-18-34-58(52)78(61)46-25-9-3-10-26-46)42-67(49)84-68-43-64-56(40-50(68)73)76-54-32-16-20-36-60(54)80-59-35-19-15-31-53(59)74-51-29-13-17-33-57(51)79(47-27-11-4-12-28-47)62-41-66(83-64)71(76)72(80)70(62)74/h1-43H. The van der Waals surface area contributed by atoms with Crippen LogP contribution < -0.4 is 83.7 Å². The maximum atomic E-state index is 15.8. The van der Waals surface area contributed by atoms with Crippen LogP contribution in [0.4, 0.5) is 68.2 Å². The van der Waals surface area contributed by atoms with Gasteiger partial charge in [-0.1, -0.05) is 158 Å². The van der Waals surface area contributed by atoms with Gasteiger partial charge in [0.05, 0.1) is 5.69 Å². The number of para-hydroxylation sites is 8. The van der Waals surface area contributed by atoms with E-state index in [1.807, 2.05) is 0 Å². The Morgan fingerprint density at radius 1 is 0.321 bits per heavy atom. The third-order valence-corrected chi connectivity index (χ3v) is 19.4. The largest absolute Gasteiger partial charge is 0.458 e. The molecule has 0 saturated heterocycles. The minimum absolute atomic E-state index is 0.00510. The van der Waals surface area contributed by atoms with E-state index < -0.39 is 0 Å². The summed E-state index contributed by atoms with van der Waals surface area (Å²) in [6.07, 6.45) is 0. The van der Waals surface area contributed by atoms with Crippen molar-refractivity contribution in [2.45, 2.75) is 0 Å². The molecule has 19 rings (SSSR count). The van der Waals surface area contributed by atoms with Crippen molar-refractivity contribution in [2.24, 2.45) is 0 Å². The highest BCUT2D eigenvalue weighted by atomic mass is 32.1. The van der Waals surface area contributed by atoms with Crippen LogP contribution in [-0.2, 0) is 0 Å². The van der Waals surface area contributed by atoms with Crippen LogP contribution in [0, 0.1) is 0 Å². The highest BCUT2D eigenvalue weighted by Crippen LogP contribution is 2.50. The molecule has 12 aromatic carbocycles. The molecule has 11 heteroatoms. The Morgan fingerprint density at radius 3 is 1.20 bits per heavy atom. The summed E-state index contributed by atoms with van der Waals surface area (Å²) in [7, 11) is 0. The molecule has 388 valence electrons. The SMILES string of the molecule is O=c1c2cc3c(cc2sc2cc4c(cc12)B1c2ccccc2N2c5ccccc5B5c6ccccc6N(c6ccccc6)c6cc(c1c2c65)O4)Oc1cc(N(c2ccccc2)c2ccccc2)cc2c1B3c1ccccc1N2c1ccccc1. The van der Waals surface area contributed by atoms with Gasteiger partial charge in [0.1, 0.15) is 23.0 Å². The van der Waals surface area contributed by atoms with E-state index in [-0.39, 0.29) is 25.6 Å². The zero-order valence-corrected chi connectivity index (χ0v) is 45.8. The monoisotopic (exact) mass is 1090 g/mol. The first-order chi connectivity index (χ1) is 41.6. The summed E-state index contributed by atoms with van der Waals surface area (Å²) in [5.74, 6) is 3.09. The summed E-state index contributed by atoms with van der Waals surface area (Å²) in [5, 5.41) is 1.36. The number of hydrogen-bond donors (Lipinski definition) is 0. The second-order valence-corrected chi connectivity index (χ2v) is 23.7. The Morgan fingerprint density at radius 2 is 0.714 bits per heavy atom. The van der Waals surface area contributed by atoms with Crippen LogP contribution in [0.1, 0.15) is 0 Å². The normalized spacial score (nSPS) is 13.8. The van der Waals surface area contributed by atoms with Gasteiger partial charge in [-0.3, -0.25) is 4.79 Å². The van der Waals surface area contributed by atoms with Crippen LogP contribution in [0.15, 0.2) is 266 Å². The molecule has 6 aliphatic heterocycles. The summed E-state index contributed by atoms with van der Waals surface area (Å²) in [6.45, 7) is -0.464. The predicted octanol–water partition coefficient (Wildman–Crippen LogP) is 12.3. The van der Waals surface area contributed by atoms with E-state index in [0.717, 1.165) is 122 Å². The van der Waals surface area contributed by atoms with Crippen molar-refractivity contribution in [1.82, 2.24) is 0 Å². The van der Waals surface area contributed by atoms with E-state index in [0.29, 0.717) is 10.8 Å². The summed E-state index contributed by atoms with van der Waals surface area (Å²) >= 11 is 1.62. The number of anilines is 12. The van der Waals surface area contributed by atoms with Crippen molar-refractivity contribution < 1.29 is 9.47 Å². The van der Waals surface area contributed by atoms with Crippen molar-refractivity contribution in [3.63, 3.8) is 0 Å². The molecule has 84 heavy (non-hydrogen) atoms. The molecule has 0 spiro atoms. The number of rotatable bonds is 5. The Balaban J connectivity index is 0.821. The fourth-order valence-corrected chi connectivity index (χ4v) is 16.0. The third kappa shape index (κ3) is 6.31. The van der Waals surface area contributed by atoms with Gasteiger partial charge >= 0.3 is 0 Å². The van der Waals surface area contributed by atoms with Gasteiger partial charge in [-0.25, -0.2) is 0 Å². The molecule has 0 N–H and O–H groups in total. The second kappa shape index (κ2) is 17.3. The number of nitrogens with zero attached hydrogens (tertiary/aromatic N) is 4. The van der Waals surface area contributed by atoms with Gasteiger partial charge in [-0.05, 0) is 140 Å². The Kier molecular flexibility index (Phi) is 9.50. The molecule has 6 aliphatic rings. The number of fused-ring (bicyclic) bond motifs is 16. The molecule has 1 aromatic heterocycles. The van der Waals surface area contributed by atoms with Crippen molar-refractivity contribution >= 4 is 169 Å². The second-order valence-electron chi connectivity index (χ2n) is 22.6. The van der Waals surface area contributed by atoms with Gasteiger partial charge in [0.25, 0.3) is 20.1 Å². The first-order valence-corrected chi connectivity index (χ1v) is 29.5.